The second-order valence-electron chi connectivity index (χ2n) is 5.73. The van der Waals surface area contributed by atoms with E-state index in [0.29, 0.717) is 6.42 Å². The van der Waals surface area contributed by atoms with Gasteiger partial charge in [0.2, 0.25) is 10.0 Å². The molecule has 0 radical (unpaired) electrons. The van der Waals surface area contributed by atoms with Crippen LogP contribution in [-0.4, -0.2) is 20.2 Å². The molecule has 4 nitrogen and oxygen atoms in total. The number of hydrogen-bond donors (Lipinski definition) is 1. The van der Waals surface area contributed by atoms with Crippen LogP contribution >= 0.6 is 0 Å². The van der Waals surface area contributed by atoms with Crippen molar-refractivity contribution in [2.45, 2.75) is 37.6 Å². The molecule has 0 aliphatic rings. The molecular weight excluding hydrogens is 310 g/mol. The Morgan fingerprint density at radius 2 is 1.65 bits per heavy atom. The van der Waals surface area contributed by atoms with E-state index in [1.165, 1.54) is 6.92 Å². The maximum absolute atomic E-state index is 12.5. The summed E-state index contributed by atoms with van der Waals surface area (Å²) in [5, 5.41) is 0. The van der Waals surface area contributed by atoms with Gasteiger partial charge in [-0.25, -0.2) is 13.1 Å². The Bertz CT molecular complexity index is 753. The van der Waals surface area contributed by atoms with Gasteiger partial charge < -0.3 is 0 Å². The molecule has 0 bridgehead atoms. The van der Waals surface area contributed by atoms with Crippen molar-refractivity contribution in [3.8, 4) is 0 Å². The van der Waals surface area contributed by atoms with E-state index < -0.39 is 16.1 Å². The second-order valence-corrected chi connectivity index (χ2v) is 7.44. The summed E-state index contributed by atoms with van der Waals surface area (Å²) in [5.74, 6) is -0.0439. The summed E-state index contributed by atoms with van der Waals surface area (Å²) in [6, 6.07) is 15.7. The topological polar surface area (TPSA) is 63.2 Å². The van der Waals surface area contributed by atoms with E-state index in [1.54, 1.807) is 24.3 Å². The predicted octanol–water partition coefficient (Wildman–Crippen LogP) is 2.86. The van der Waals surface area contributed by atoms with Gasteiger partial charge in [-0.15, -0.1) is 0 Å². The predicted molar refractivity (Wildman–Crippen MR) is 90.7 cm³/mol. The summed E-state index contributed by atoms with van der Waals surface area (Å²) in [6.45, 7) is 3.37. The summed E-state index contributed by atoms with van der Waals surface area (Å²) in [6.07, 6.45) is 0.644. The fraction of sp³-hybridized carbons (Fsp3) is 0.278. The summed E-state index contributed by atoms with van der Waals surface area (Å²) < 4.78 is 27.7. The molecule has 2 aromatic rings. The van der Waals surface area contributed by atoms with Crippen molar-refractivity contribution < 1.29 is 13.2 Å². The maximum atomic E-state index is 12.5. The summed E-state index contributed by atoms with van der Waals surface area (Å²) in [4.78, 5) is 11.7. The van der Waals surface area contributed by atoms with Gasteiger partial charge in [0.15, 0.2) is 0 Å². The highest BCUT2D eigenvalue weighted by Gasteiger charge is 2.21. The van der Waals surface area contributed by atoms with Crippen LogP contribution in [0, 0.1) is 6.92 Å². The Kier molecular flexibility index (Phi) is 5.69. The zero-order chi connectivity index (χ0) is 16.9. The molecular formula is C18H21NO3S. The Morgan fingerprint density at radius 3 is 2.22 bits per heavy atom. The van der Waals surface area contributed by atoms with Gasteiger partial charge in [-0.1, -0.05) is 48.0 Å². The number of carbonyl (C=O) groups excluding carboxylic acids is 1. The van der Waals surface area contributed by atoms with Crippen LogP contribution in [0.25, 0.3) is 0 Å². The van der Waals surface area contributed by atoms with Crippen LogP contribution < -0.4 is 4.72 Å². The van der Waals surface area contributed by atoms with Crippen molar-refractivity contribution >= 4 is 15.8 Å². The smallest absolute Gasteiger partial charge is 0.240 e. The fourth-order valence-electron chi connectivity index (χ4n) is 2.41. The number of ketones is 1. The van der Waals surface area contributed by atoms with Gasteiger partial charge in [-0.3, -0.25) is 4.79 Å². The lowest BCUT2D eigenvalue weighted by Crippen LogP contribution is -2.37. The molecule has 0 amide bonds. The van der Waals surface area contributed by atoms with Crippen LogP contribution in [0.15, 0.2) is 59.5 Å². The SMILES string of the molecule is CC(=O)C[C@H](Cc1ccccc1)NS(=O)(=O)c1ccc(C)cc1. The number of hydrogen-bond acceptors (Lipinski definition) is 3. The van der Waals surface area contributed by atoms with E-state index in [2.05, 4.69) is 4.72 Å². The van der Waals surface area contributed by atoms with Crippen LogP contribution in [0.2, 0.25) is 0 Å². The lowest BCUT2D eigenvalue weighted by atomic mass is 10.0. The van der Waals surface area contributed by atoms with Crippen molar-refractivity contribution in [3.63, 3.8) is 0 Å². The third-order valence-corrected chi connectivity index (χ3v) is 5.05. The standard InChI is InChI=1S/C18H21NO3S/c1-14-8-10-18(11-9-14)23(21,22)19-17(12-15(2)20)13-16-6-4-3-5-7-16/h3-11,17,19H,12-13H2,1-2H3/t17-/m1/s1. The van der Waals surface area contributed by atoms with E-state index in [0.717, 1.165) is 11.1 Å². The van der Waals surface area contributed by atoms with Crippen LogP contribution in [0.1, 0.15) is 24.5 Å². The lowest BCUT2D eigenvalue weighted by molar-refractivity contribution is -0.117. The van der Waals surface area contributed by atoms with E-state index in [-0.39, 0.29) is 17.1 Å². The molecule has 0 fully saturated rings. The van der Waals surface area contributed by atoms with Crippen molar-refractivity contribution in [2.75, 3.05) is 0 Å². The van der Waals surface area contributed by atoms with Gasteiger partial charge >= 0.3 is 0 Å². The minimum atomic E-state index is -3.64. The minimum Gasteiger partial charge on any atom is -0.300 e. The molecule has 0 spiro atoms. The molecule has 0 saturated carbocycles. The van der Waals surface area contributed by atoms with Gasteiger partial charge in [0, 0.05) is 12.5 Å². The van der Waals surface area contributed by atoms with Crippen LogP contribution in [0.4, 0.5) is 0 Å². The minimum absolute atomic E-state index is 0.0439. The number of carbonyl (C=O) groups is 1. The van der Waals surface area contributed by atoms with Gasteiger partial charge in [-0.05, 0) is 38.0 Å². The molecule has 0 aliphatic carbocycles. The Labute approximate surface area is 137 Å². The molecule has 122 valence electrons. The first-order valence-electron chi connectivity index (χ1n) is 7.49. The van der Waals surface area contributed by atoms with Crippen molar-refractivity contribution in [2.24, 2.45) is 0 Å². The number of aryl methyl sites for hydroxylation is 1. The van der Waals surface area contributed by atoms with E-state index in [9.17, 15) is 13.2 Å². The third-order valence-electron chi connectivity index (χ3n) is 3.51. The fourth-order valence-corrected chi connectivity index (χ4v) is 3.64. The zero-order valence-electron chi connectivity index (χ0n) is 13.3. The quantitative estimate of drug-likeness (QED) is 0.848. The van der Waals surface area contributed by atoms with Crippen molar-refractivity contribution in [1.82, 2.24) is 4.72 Å². The Morgan fingerprint density at radius 1 is 1.04 bits per heavy atom. The molecule has 5 heteroatoms. The largest absolute Gasteiger partial charge is 0.300 e. The van der Waals surface area contributed by atoms with Gasteiger partial charge in [-0.2, -0.15) is 0 Å². The molecule has 1 N–H and O–H groups in total. The monoisotopic (exact) mass is 331 g/mol. The molecule has 0 saturated heterocycles. The van der Waals surface area contributed by atoms with E-state index in [1.807, 2.05) is 37.3 Å². The highest BCUT2D eigenvalue weighted by Crippen LogP contribution is 2.13. The van der Waals surface area contributed by atoms with E-state index >= 15 is 0 Å². The number of Topliss-reactive ketones (excluding diaryl/α,β-unsaturated/α-hetero) is 1. The summed E-state index contributed by atoms with van der Waals surface area (Å²) >= 11 is 0. The number of rotatable bonds is 7. The molecule has 23 heavy (non-hydrogen) atoms. The second kappa shape index (κ2) is 7.53. The zero-order valence-corrected chi connectivity index (χ0v) is 14.1. The van der Waals surface area contributed by atoms with E-state index in [4.69, 9.17) is 0 Å². The summed E-state index contributed by atoms with van der Waals surface area (Å²) in [7, 11) is -3.64. The Balaban J connectivity index is 2.19. The first-order chi connectivity index (χ1) is 10.9. The van der Waals surface area contributed by atoms with Crippen molar-refractivity contribution in [3.05, 3.63) is 65.7 Å². The number of sulfonamides is 1. The van der Waals surface area contributed by atoms with Crippen LogP contribution in [0.5, 0.6) is 0 Å². The lowest BCUT2D eigenvalue weighted by Gasteiger charge is -2.18. The highest BCUT2D eigenvalue weighted by molar-refractivity contribution is 7.89. The van der Waals surface area contributed by atoms with Gasteiger partial charge in [0.05, 0.1) is 4.90 Å². The van der Waals surface area contributed by atoms with Crippen molar-refractivity contribution in [1.29, 1.82) is 0 Å². The Hall–Kier alpha value is -1.98. The summed E-state index contributed by atoms with van der Waals surface area (Å²) in [5.41, 5.74) is 1.99. The molecule has 0 heterocycles. The maximum Gasteiger partial charge on any atom is 0.240 e. The van der Waals surface area contributed by atoms with Gasteiger partial charge in [0.25, 0.3) is 0 Å². The third kappa shape index (κ3) is 5.30. The van der Waals surface area contributed by atoms with Crippen LogP contribution in [0.3, 0.4) is 0 Å². The van der Waals surface area contributed by atoms with Crippen LogP contribution in [-0.2, 0) is 21.2 Å². The highest BCUT2D eigenvalue weighted by atomic mass is 32.2. The van der Waals surface area contributed by atoms with Gasteiger partial charge in [0.1, 0.15) is 5.78 Å². The molecule has 0 aliphatic heterocycles. The number of nitrogens with one attached hydrogen (secondary N) is 1. The molecule has 2 aromatic carbocycles. The molecule has 0 unspecified atom stereocenters. The molecule has 2 rings (SSSR count). The molecule has 0 aromatic heterocycles. The molecule has 1 atom stereocenters. The normalized spacial score (nSPS) is 12.8. The first-order valence-corrected chi connectivity index (χ1v) is 8.97. The average molecular weight is 331 g/mol. The average Bonchev–Trinajstić information content (AvgIpc) is 2.47. The number of benzene rings is 2. The first kappa shape index (κ1) is 17.4.